The summed E-state index contributed by atoms with van der Waals surface area (Å²) >= 11 is 6.12. The number of carbonyl (C=O) groups is 1. The van der Waals surface area contributed by atoms with Crippen molar-refractivity contribution in [1.82, 2.24) is 14.7 Å². The predicted molar refractivity (Wildman–Crippen MR) is 102 cm³/mol. The molecule has 0 bridgehead atoms. The zero-order valence-corrected chi connectivity index (χ0v) is 16.1. The molecule has 4 rings (SSSR count). The molecule has 3 heterocycles. The number of likely N-dealkylation sites (tertiary alicyclic amines) is 1. The lowest BCUT2D eigenvalue weighted by Crippen LogP contribution is -2.52. The van der Waals surface area contributed by atoms with E-state index in [2.05, 4.69) is 5.10 Å². The maximum atomic E-state index is 12.7. The Morgan fingerprint density at radius 3 is 2.63 bits per heavy atom. The molecule has 27 heavy (non-hydrogen) atoms. The largest absolute Gasteiger partial charge is 0.393 e. The van der Waals surface area contributed by atoms with Crippen molar-refractivity contribution in [3.8, 4) is 0 Å². The van der Waals surface area contributed by atoms with Gasteiger partial charge in [-0.2, -0.15) is 5.10 Å². The molecule has 7 heteroatoms. The van der Waals surface area contributed by atoms with Gasteiger partial charge < -0.3 is 14.7 Å². The van der Waals surface area contributed by atoms with Crippen LogP contribution in [0.25, 0.3) is 0 Å². The third-order valence-corrected chi connectivity index (χ3v) is 5.88. The number of ether oxygens (including phenoxy) is 1. The average molecular weight is 390 g/mol. The van der Waals surface area contributed by atoms with Crippen molar-refractivity contribution in [1.29, 1.82) is 0 Å². The second-order valence-corrected chi connectivity index (χ2v) is 7.99. The zero-order chi connectivity index (χ0) is 19.0. The van der Waals surface area contributed by atoms with E-state index in [1.807, 2.05) is 30.3 Å². The van der Waals surface area contributed by atoms with Crippen molar-refractivity contribution in [3.05, 3.63) is 52.8 Å². The van der Waals surface area contributed by atoms with Crippen LogP contribution in [0.1, 0.15) is 47.8 Å². The second-order valence-electron chi connectivity index (χ2n) is 7.59. The highest BCUT2D eigenvalue weighted by atomic mass is 35.5. The first kappa shape index (κ1) is 18.5. The van der Waals surface area contributed by atoms with Crippen molar-refractivity contribution < 1.29 is 14.6 Å². The highest BCUT2D eigenvalue weighted by Gasteiger charge is 2.44. The van der Waals surface area contributed by atoms with Crippen LogP contribution in [0.2, 0.25) is 5.02 Å². The van der Waals surface area contributed by atoms with Gasteiger partial charge in [0.2, 0.25) is 0 Å². The third kappa shape index (κ3) is 3.74. The first-order valence-electron chi connectivity index (χ1n) is 9.35. The monoisotopic (exact) mass is 389 g/mol. The first-order chi connectivity index (χ1) is 13.0. The van der Waals surface area contributed by atoms with Crippen LogP contribution in [0.5, 0.6) is 0 Å². The lowest BCUT2D eigenvalue weighted by Gasteiger charge is -2.48. The number of hydrogen-bond donors (Lipinski definition) is 1. The van der Waals surface area contributed by atoms with E-state index in [1.54, 1.807) is 22.8 Å². The molecule has 2 atom stereocenters. The van der Waals surface area contributed by atoms with Gasteiger partial charge in [0.15, 0.2) is 5.69 Å². The Morgan fingerprint density at radius 1 is 1.30 bits per heavy atom. The van der Waals surface area contributed by atoms with Crippen LogP contribution in [0.3, 0.4) is 0 Å². The number of benzene rings is 1. The van der Waals surface area contributed by atoms with Gasteiger partial charge in [0.1, 0.15) is 0 Å². The standard InChI is InChI=1S/C20H24ClN3O3/c1-23-13-16(21)18(22-23)19(26)24-9-7-20(8-10-24)12-15(25)11-17(27-20)14-5-3-2-4-6-14/h2-6,13,15,17,25H,7-12H2,1H3/t15-,17+/m0/s1. The predicted octanol–water partition coefficient (Wildman–Crippen LogP) is 2.96. The quantitative estimate of drug-likeness (QED) is 0.857. The summed E-state index contributed by atoms with van der Waals surface area (Å²) in [5.74, 6) is -0.147. The molecule has 1 amide bonds. The summed E-state index contributed by atoms with van der Waals surface area (Å²) in [6.45, 7) is 1.14. The van der Waals surface area contributed by atoms with Crippen LogP contribution >= 0.6 is 11.6 Å². The molecule has 1 aromatic heterocycles. The minimum absolute atomic E-state index is 0.109. The lowest BCUT2D eigenvalue weighted by molar-refractivity contribution is -0.181. The SMILES string of the molecule is Cn1cc(Cl)c(C(=O)N2CCC3(CC2)C[C@@H](O)C[C@H](c2ccccc2)O3)n1. The molecule has 0 unspecified atom stereocenters. The number of aliphatic hydroxyl groups excluding tert-OH is 1. The molecule has 2 aliphatic heterocycles. The van der Waals surface area contributed by atoms with Crippen LogP contribution in [-0.4, -0.2) is 50.5 Å². The Balaban J connectivity index is 1.45. The maximum absolute atomic E-state index is 12.7. The topological polar surface area (TPSA) is 67.6 Å². The number of aromatic nitrogens is 2. The van der Waals surface area contributed by atoms with E-state index in [1.165, 1.54) is 0 Å². The van der Waals surface area contributed by atoms with Gasteiger partial charge in [-0.1, -0.05) is 41.9 Å². The molecule has 1 N–H and O–H groups in total. The van der Waals surface area contributed by atoms with Crippen molar-refractivity contribution in [2.45, 2.75) is 43.5 Å². The molecule has 0 saturated carbocycles. The normalized spacial score (nSPS) is 24.9. The second kappa shape index (κ2) is 7.26. The fraction of sp³-hybridized carbons (Fsp3) is 0.500. The molecule has 2 aliphatic rings. The summed E-state index contributed by atoms with van der Waals surface area (Å²) in [4.78, 5) is 14.5. The number of rotatable bonds is 2. The van der Waals surface area contributed by atoms with Gasteiger partial charge in [0.05, 0.1) is 22.8 Å². The molecule has 2 aromatic rings. The van der Waals surface area contributed by atoms with Crippen molar-refractivity contribution in [2.24, 2.45) is 7.05 Å². The Hall–Kier alpha value is -1.89. The zero-order valence-electron chi connectivity index (χ0n) is 15.3. The Labute approximate surface area is 163 Å². The van der Waals surface area contributed by atoms with E-state index < -0.39 is 6.10 Å². The molecule has 1 spiro atoms. The molecule has 0 aliphatic carbocycles. The minimum Gasteiger partial charge on any atom is -0.393 e. The summed E-state index contributed by atoms with van der Waals surface area (Å²) in [5, 5.41) is 15.0. The van der Waals surface area contributed by atoms with E-state index in [9.17, 15) is 9.90 Å². The Morgan fingerprint density at radius 2 is 2.00 bits per heavy atom. The maximum Gasteiger partial charge on any atom is 0.275 e. The number of aryl methyl sites for hydroxylation is 1. The summed E-state index contributed by atoms with van der Waals surface area (Å²) in [6, 6.07) is 10.0. The number of carbonyl (C=O) groups excluding carboxylic acids is 1. The van der Waals surface area contributed by atoms with Crippen molar-refractivity contribution in [2.75, 3.05) is 13.1 Å². The smallest absolute Gasteiger partial charge is 0.275 e. The summed E-state index contributed by atoms with van der Waals surface area (Å²) in [7, 11) is 1.74. The van der Waals surface area contributed by atoms with E-state index in [0.717, 1.165) is 5.56 Å². The number of aliphatic hydroxyl groups is 1. The van der Waals surface area contributed by atoms with E-state index in [0.29, 0.717) is 49.5 Å². The van der Waals surface area contributed by atoms with Gasteiger partial charge in [-0.25, -0.2) is 0 Å². The number of halogens is 1. The van der Waals surface area contributed by atoms with Crippen LogP contribution in [0.4, 0.5) is 0 Å². The third-order valence-electron chi connectivity index (χ3n) is 5.61. The lowest BCUT2D eigenvalue weighted by atomic mass is 9.81. The number of piperidine rings is 1. The summed E-state index contributed by atoms with van der Waals surface area (Å²) in [5.41, 5.74) is 0.999. The molecule has 0 radical (unpaired) electrons. The van der Waals surface area contributed by atoms with Gasteiger partial charge in [-0.05, 0) is 18.4 Å². The van der Waals surface area contributed by atoms with E-state index >= 15 is 0 Å². The van der Waals surface area contributed by atoms with Gasteiger partial charge in [-0.3, -0.25) is 9.48 Å². The first-order valence-corrected chi connectivity index (χ1v) is 9.73. The highest BCUT2D eigenvalue weighted by molar-refractivity contribution is 6.33. The fourth-order valence-electron chi connectivity index (χ4n) is 4.22. The summed E-state index contributed by atoms with van der Waals surface area (Å²) in [6.07, 6.45) is 3.75. The molecular formula is C20H24ClN3O3. The van der Waals surface area contributed by atoms with Gasteiger partial charge >= 0.3 is 0 Å². The summed E-state index contributed by atoms with van der Waals surface area (Å²) < 4.78 is 8.04. The highest BCUT2D eigenvalue weighted by Crippen LogP contribution is 2.43. The molecule has 6 nitrogen and oxygen atoms in total. The molecule has 2 saturated heterocycles. The number of hydrogen-bond acceptors (Lipinski definition) is 4. The van der Waals surface area contributed by atoms with E-state index in [4.69, 9.17) is 16.3 Å². The van der Waals surface area contributed by atoms with Crippen LogP contribution in [0.15, 0.2) is 36.5 Å². The molecule has 1 aromatic carbocycles. The van der Waals surface area contributed by atoms with Crippen LogP contribution < -0.4 is 0 Å². The number of amides is 1. The molecule has 144 valence electrons. The molecule has 2 fully saturated rings. The minimum atomic E-state index is -0.392. The fourth-order valence-corrected chi connectivity index (χ4v) is 4.48. The molecular weight excluding hydrogens is 366 g/mol. The number of nitrogens with zero attached hydrogens (tertiary/aromatic N) is 3. The van der Waals surface area contributed by atoms with Gasteiger partial charge in [0, 0.05) is 39.2 Å². The van der Waals surface area contributed by atoms with Crippen LogP contribution in [-0.2, 0) is 11.8 Å². The van der Waals surface area contributed by atoms with Gasteiger partial charge in [0.25, 0.3) is 5.91 Å². The average Bonchev–Trinajstić information content (AvgIpc) is 3.00. The Kier molecular flexibility index (Phi) is 4.97. The van der Waals surface area contributed by atoms with Crippen molar-refractivity contribution in [3.63, 3.8) is 0 Å². The van der Waals surface area contributed by atoms with Crippen molar-refractivity contribution >= 4 is 17.5 Å². The Bertz CT molecular complexity index is 815. The van der Waals surface area contributed by atoms with Gasteiger partial charge in [-0.15, -0.1) is 0 Å². The van der Waals surface area contributed by atoms with E-state index in [-0.39, 0.29) is 17.6 Å². The van der Waals surface area contributed by atoms with Crippen LogP contribution in [0, 0.1) is 0 Å².